The second-order valence-corrected chi connectivity index (χ2v) is 6.39. The highest BCUT2D eigenvalue weighted by molar-refractivity contribution is 5.84. The first-order valence-electron chi connectivity index (χ1n) is 7.95. The number of hydrogen-bond donors (Lipinski definition) is 1. The lowest BCUT2D eigenvalue weighted by Gasteiger charge is -2.19. The average Bonchev–Trinajstić information content (AvgIpc) is 2.76. The van der Waals surface area contributed by atoms with E-state index in [2.05, 4.69) is 4.74 Å². The van der Waals surface area contributed by atoms with Gasteiger partial charge < -0.3 is 19.3 Å². The molecule has 1 saturated heterocycles. The van der Waals surface area contributed by atoms with Gasteiger partial charge in [0.1, 0.15) is 5.75 Å². The number of esters is 1. The minimum atomic E-state index is -4.75. The van der Waals surface area contributed by atoms with Crippen LogP contribution < -0.4 is 4.74 Å². The molecule has 2 atom stereocenters. The fourth-order valence-electron chi connectivity index (χ4n) is 2.71. The number of aryl methyl sites for hydroxylation is 1. The summed E-state index contributed by atoms with van der Waals surface area (Å²) >= 11 is 0. The van der Waals surface area contributed by atoms with Crippen LogP contribution in [-0.2, 0) is 25.5 Å². The van der Waals surface area contributed by atoms with Crippen molar-refractivity contribution in [2.75, 3.05) is 0 Å². The predicted octanol–water partition coefficient (Wildman–Crippen LogP) is 3.29. The summed E-state index contributed by atoms with van der Waals surface area (Å²) in [6.07, 6.45) is -4.93. The van der Waals surface area contributed by atoms with Crippen molar-refractivity contribution in [2.24, 2.45) is 5.92 Å². The molecule has 0 bridgehead atoms. The van der Waals surface area contributed by atoms with Crippen molar-refractivity contribution < 1.29 is 42.1 Å². The molecule has 0 amide bonds. The SMILES string of the molecule is CC1(C)OC(=O)[C@H]([C@@H](CCCc2ccc(OC(F)(F)F)cc2)C(=O)O)O1. The van der Waals surface area contributed by atoms with Crippen molar-refractivity contribution in [1.82, 2.24) is 0 Å². The van der Waals surface area contributed by atoms with Crippen LogP contribution in [0.2, 0.25) is 0 Å². The van der Waals surface area contributed by atoms with E-state index in [1.165, 1.54) is 38.1 Å². The quantitative estimate of drug-likeness (QED) is 0.736. The molecule has 0 spiro atoms. The number of rotatable bonds is 7. The van der Waals surface area contributed by atoms with Crippen LogP contribution in [0, 0.1) is 5.92 Å². The zero-order valence-electron chi connectivity index (χ0n) is 14.2. The zero-order valence-corrected chi connectivity index (χ0v) is 14.2. The molecule has 0 aliphatic carbocycles. The van der Waals surface area contributed by atoms with Crippen molar-refractivity contribution in [3.63, 3.8) is 0 Å². The maximum absolute atomic E-state index is 12.1. The second kappa shape index (κ2) is 7.53. The maximum atomic E-state index is 12.1. The molecule has 1 aromatic carbocycles. The Bertz CT molecular complexity index is 653. The first-order valence-corrected chi connectivity index (χ1v) is 7.95. The number of hydrogen-bond acceptors (Lipinski definition) is 5. The van der Waals surface area contributed by atoms with Crippen LogP contribution in [-0.4, -0.2) is 35.3 Å². The highest BCUT2D eigenvalue weighted by Gasteiger charge is 2.47. The molecule has 1 fully saturated rings. The van der Waals surface area contributed by atoms with Crippen LogP contribution >= 0.6 is 0 Å². The summed E-state index contributed by atoms with van der Waals surface area (Å²) in [6.45, 7) is 3.04. The van der Waals surface area contributed by atoms with E-state index in [-0.39, 0.29) is 12.2 Å². The molecule has 26 heavy (non-hydrogen) atoms. The van der Waals surface area contributed by atoms with Crippen LogP contribution in [0.25, 0.3) is 0 Å². The molecule has 1 heterocycles. The number of carbonyl (C=O) groups excluding carboxylic acids is 1. The molecular formula is C17H19F3O6. The van der Waals surface area contributed by atoms with Crippen LogP contribution in [0.1, 0.15) is 32.3 Å². The normalized spacial score (nSPS) is 20.5. The summed E-state index contributed by atoms with van der Waals surface area (Å²) in [7, 11) is 0. The van der Waals surface area contributed by atoms with Crippen LogP contribution in [0.4, 0.5) is 13.2 Å². The Labute approximate surface area is 147 Å². The number of cyclic esters (lactones) is 1. The number of aliphatic carboxylic acids is 1. The van der Waals surface area contributed by atoms with Gasteiger partial charge in [-0.1, -0.05) is 12.1 Å². The summed E-state index contributed by atoms with van der Waals surface area (Å²) < 4.78 is 50.5. The molecule has 1 N–H and O–H groups in total. The Balaban J connectivity index is 1.90. The third-order valence-corrected chi connectivity index (χ3v) is 3.81. The van der Waals surface area contributed by atoms with Crippen molar-refractivity contribution >= 4 is 11.9 Å². The highest BCUT2D eigenvalue weighted by atomic mass is 19.4. The number of carboxylic acid groups (broad SMARTS) is 1. The Morgan fingerprint density at radius 1 is 1.31 bits per heavy atom. The van der Waals surface area contributed by atoms with Gasteiger partial charge in [-0.15, -0.1) is 13.2 Å². The first kappa shape index (κ1) is 20.0. The highest BCUT2D eigenvalue weighted by Crippen LogP contribution is 2.31. The molecule has 0 saturated carbocycles. The summed E-state index contributed by atoms with van der Waals surface area (Å²) in [5.74, 6) is -4.43. The molecule has 144 valence electrons. The van der Waals surface area contributed by atoms with Crippen LogP contribution in [0.5, 0.6) is 5.75 Å². The molecule has 1 aliphatic rings. The van der Waals surface area contributed by atoms with E-state index in [0.717, 1.165) is 5.56 Å². The molecule has 0 unspecified atom stereocenters. The molecule has 0 aromatic heterocycles. The van der Waals surface area contributed by atoms with Crippen molar-refractivity contribution in [2.45, 2.75) is 51.4 Å². The van der Waals surface area contributed by atoms with Crippen LogP contribution in [0.15, 0.2) is 24.3 Å². The van der Waals surface area contributed by atoms with E-state index < -0.39 is 36.1 Å². The van der Waals surface area contributed by atoms with Gasteiger partial charge in [0.2, 0.25) is 5.79 Å². The fraction of sp³-hybridized carbons (Fsp3) is 0.529. The van der Waals surface area contributed by atoms with Gasteiger partial charge >= 0.3 is 18.3 Å². The predicted molar refractivity (Wildman–Crippen MR) is 82.2 cm³/mol. The molecule has 9 heteroatoms. The number of carbonyl (C=O) groups is 2. The Morgan fingerprint density at radius 3 is 2.38 bits per heavy atom. The van der Waals surface area contributed by atoms with Crippen molar-refractivity contribution in [3.05, 3.63) is 29.8 Å². The van der Waals surface area contributed by atoms with E-state index in [9.17, 15) is 27.9 Å². The molecule has 1 aliphatic heterocycles. The van der Waals surface area contributed by atoms with Gasteiger partial charge in [-0.2, -0.15) is 0 Å². The standard InChI is InChI=1S/C17H19F3O6/c1-16(2)25-13(15(23)26-16)12(14(21)22)5-3-4-10-6-8-11(9-7-10)24-17(18,19)20/h6-9,12-13H,3-5H2,1-2H3,(H,21,22)/t12-,13+/m1/s1. The fourth-order valence-corrected chi connectivity index (χ4v) is 2.71. The van der Waals surface area contributed by atoms with E-state index in [1.807, 2.05) is 0 Å². The first-order chi connectivity index (χ1) is 12.0. The van der Waals surface area contributed by atoms with Gasteiger partial charge in [0.05, 0.1) is 5.92 Å². The molecule has 0 radical (unpaired) electrons. The van der Waals surface area contributed by atoms with Crippen LogP contribution in [0.3, 0.4) is 0 Å². The van der Waals surface area contributed by atoms with Gasteiger partial charge in [-0.05, 0) is 37.0 Å². The van der Waals surface area contributed by atoms with E-state index in [0.29, 0.717) is 12.8 Å². The smallest absolute Gasteiger partial charge is 0.481 e. The van der Waals surface area contributed by atoms with Gasteiger partial charge in [0.15, 0.2) is 6.10 Å². The van der Waals surface area contributed by atoms with Gasteiger partial charge in [0, 0.05) is 13.8 Å². The monoisotopic (exact) mass is 376 g/mol. The molecule has 1 aromatic rings. The van der Waals surface area contributed by atoms with Gasteiger partial charge in [0.25, 0.3) is 0 Å². The average molecular weight is 376 g/mol. The largest absolute Gasteiger partial charge is 0.573 e. The lowest BCUT2D eigenvalue weighted by molar-refractivity contribution is -0.274. The van der Waals surface area contributed by atoms with E-state index in [4.69, 9.17) is 9.47 Å². The Morgan fingerprint density at radius 2 is 1.92 bits per heavy atom. The maximum Gasteiger partial charge on any atom is 0.573 e. The zero-order chi connectivity index (χ0) is 19.5. The number of benzene rings is 1. The lowest BCUT2D eigenvalue weighted by Crippen LogP contribution is -2.34. The summed E-state index contributed by atoms with van der Waals surface area (Å²) in [4.78, 5) is 23.3. The summed E-state index contributed by atoms with van der Waals surface area (Å²) in [6, 6.07) is 5.33. The van der Waals surface area contributed by atoms with E-state index in [1.54, 1.807) is 0 Å². The van der Waals surface area contributed by atoms with Crippen molar-refractivity contribution in [1.29, 1.82) is 0 Å². The number of alkyl halides is 3. The molecular weight excluding hydrogens is 357 g/mol. The van der Waals surface area contributed by atoms with Crippen molar-refractivity contribution in [3.8, 4) is 5.75 Å². The lowest BCUT2D eigenvalue weighted by atomic mass is 9.94. The van der Waals surface area contributed by atoms with Gasteiger partial charge in [-0.25, -0.2) is 4.79 Å². The Hall–Kier alpha value is -2.29. The topological polar surface area (TPSA) is 82.1 Å². The Kier molecular flexibility index (Phi) is 5.80. The number of halogens is 3. The molecule has 2 rings (SSSR count). The summed E-state index contributed by atoms with van der Waals surface area (Å²) in [5.41, 5.74) is 0.721. The third-order valence-electron chi connectivity index (χ3n) is 3.81. The third kappa shape index (κ3) is 5.62. The number of carboxylic acids is 1. The minimum Gasteiger partial charge on any atom is -0.481 e. The summed E-state index contributed by atoms with van der Waals surface area (Å²) in [5, 5.41) is 9.35. The molecule has 6 nitrogen and oxygen atoms in total. The second-order valence-electron chi connectivity index (χ2n) is 6.39. The van der Waals surface area contributed by atoms with E-state index >= 15 is 0 Å². The minimum absolute atomic E-state index is 0.159. The van der Waals surface area contributed by atoms with Gasteiger partial charge in [-0.3, -0.25) is 4.79 Å². The number of ether oxygens (including phenoxy) is 3.